The summed E-state index contributed by atoms with van der Waals surface area (Å²) in [6, 6.07) is 6.15. The summed E-state index contributed by atoms with van der Waals surface area (Å²) in [5.74, 6) is 0. The fourth-order valence-corrected chi connectivity index (χ4v) is 2.98. The van der Waals surface area contributed by atoms with Gasteiger partial charge in [0.05, 0.1) is 0 Å². The number of hydrogen-bond donors (Lipinski definition) is 1. The van der Waals surface area contributed by atoms with Crippen molar-refractivity contribution in [2.24, 2.45) is 5.73 Å². The molecule has 2 rings (SSSR count). The molecule has 0 bridgehead atoms. The molecule has 0 unspecified atom stereocenters. The largest absolute Gasteiger partial charge is 0.369 e. The third kappa shape index (κ3) is 3.66. The third-order valence-corrected chi connectivity index (χ3v) is 4.27. The summed E-state index contributed by atoms with van der Waals surface area (Å²) in [4.78, 5) is 4.98. The zero-order valence-corrected chi connectivity index (χ0v) is 13.6. The Bertz CT molecular complexity index is 446. The standard InChI is InChI=1S/C16H26ClN3/c1-16(2,3)20-10-8-19(9-11-20)15-12-14(17)5-4-13(15)6-7-18/h4-5,12H,6-11,18H2,1-3H3. The van der Waals surface area contributed by atoms with Gasteiger partial charge < -0.3 is 10.6 Å². The van der Waals surface area contributed by atoms with E-state index in [0.717, 1.165) is 37.6 Å². The van der Waals surface area contributed by atoms with Crippen LogP contribution < -0.4 is 10.6 Å². The Morgan fingerprint density at radius 1 is 1.15 bits per heavy atom. The van der Waals surface area contributed by atoms with Gasteiger partial charge in [-0.15, -0.1) is 0 Å². The van der Waals surface area contributed by atoms with E-state index in [2.05, 4.69) is 42.7 Å². The lowest BCUT2D eigenvalue weighted by Crippen LogP contribution is -2.53. The molecule has 1 aliphatic rings. The zero-order valence-electron chi connectivity index (χ0n) is 12.8. The second kappa shape index (κ2) is 6.33. The lowest BCUT2D eigenvalue weighted by Gasteiger charge is -2.43. The smallest absolute Gasteiger partial charge is 0.0426 e. The highest BCUT2D eigenvalue weighted by Gasteiger charge is 2.26. The van der Waals surface area contributed by atoms with Crippen molar-refractivity contribution in [2.75, 3.05) is 37.6 Å². The van der Waals surface area contributed by atoms with Crippen LogP contribution in [0.5, 0.6) is 0 Å². The summed E-state index contributed by atoms with van der Waals surface area (Å²) in [7, 11) is 0. The highest BCUT2D eigenvalue weighted by atomic mass is 35.5. The molecule has 20 heavy (non-hydrogen) atoms. The molecule has 1 saturated heterocycles. The maximum atomic E-state index is 6.17. The molecule has 0 radical (unpaired) electrons. The Morgan fingerprint density at radius 3 is 2.35 bits per heavy atom. The molecular formula is C16H26ClN3. The molecule has 1 fully saturated rings. The van der Waals surface area contributed by atoms with Crippen LogP contribution in [0.3, 0.4) is 0 Å². The van der Waals surface area contributed by atoms with E-state index in [1.165, 1.54) is 11.3 Å². The summed E-state index contributed by atoms with van der Waals surface area (Å²) in [5.41, 5.74) is 8.53. The zero-order chi connectivity index (χ0) is 14.8. The molecule has 3 nitrogen and oxygen atoms in total. The molecule has 1 aliphatic heterocycles. The number of anilines is 1. The Labute approximate surface area is 127 Å². The molecule has 4 heteroatoms. The van der Waals surface area contributed by atoms with Gasteiger partial charge >= 0.3 is 0 Å². The van der Waals surface area contributed by atoms with Crippen molar-refractivity contribution >= 4 is 17.3 Å². The van der Waals surface area contributed by atoms with Gasteiger partial charge in [-0.2, -0.15) is 0 Å². The number of nitrogens with two attached hydrogens (primary N) is 1. The predicted molar refractivity (Wildman–Crippen MR) is 87.7 cm³/mol. The lowest BCUT2D eigenvalue weighted by atomic mass is 10.0. The van der Waals surface area contributed by atoms with Gasteiger partial charge in [0.1, 0.15) is 0 Å². The second-order valence-electron chi connectivity index (χ2n) is 6.46. The first kappa shape index (κ1) is 15.6. The molecule has 1 aromatic rings. The van der Waals surface area contributed by atoms with Gasteiger partial charge in [0.25, 0.3) is 0 Å². The average molecular weight is 296 g/mol. The van der Waals surface area contributed by atoms with E-state index in [-0.39, 0.29) is 5.54 Å². The first-order valence-corrected chi connectivity index (χ1v) is 7.78. The van der Waals surface area contributed by atoms with Gasteiger partial charge in [0.15, 0.2) is 0 Å². The Kier molecular flexibility index (Phi) is 4.95. The summed E-state index contributed by atoms with van der Waals surface area (Å²) in [6.07, 6.45) is 0.909. The van der Waals surface area contributed by atoms with E-state index >= 15 is 0 Å². The molecular weight excluding hydrogens is 270 g/mol. The highest BCUT2D eigenvalue weighted by Crippen LogP contribution is 2.27. The van der Waals surface area contributed by atoms with Crippen LogP contribution in [0, 0.1) is 0 Å². The molecule has 0 spiro atoms. The van der Waals surface area contributed by atoms with Crippen LogP contribution >= 0.6 is 11.6 Å². The topological polar surface area (TPSA) is 32.5 Å². The third-order valence-electron chi connectivity index (χ3n) is 4.03. The molecule has 112 valence electrons. The van der Waals surface area contributed by atoms with Crippen LogP contribution in [-0.2, 0) is 6.42 Å². The van der Waals surface area contributed by atoms with Crippen LogP contribution in [0.15, 0.2) is 18.2 Å². The molecule has 0 aromatic heterocycles. The fraction of sp³-hybridized carbons (Fsp3) is 0.625. The van der Waals surface area contributed by atoms with Crippen LogP contribution in [0.2, 0.25) is 5.02 Å². The summed E-state index contributed by atoms with van der Waals surface area (Å²) in [6.45, 7) is 11.8. The minimum absolute atomic E-state index is 0.251. The molecule has 2 N–H and O–H groups in total. The summed E-state index contributed by atoms with van der Waals surface area (Å²) >= 11 is 6.17. The number of piperazine rings is 1. The first-order chi connectivity index (χ1) is 9.41. The predicted octanol–water partition coefficient (Wildman–Crippen LogP) is 2.76. The van der Waals surface area contributed by atoms with Gasteiger partial charge in [-0.25, -0.2) is 0 Å². The molecule has 1 heterocycles. The van der Waals surface area contributed by atoms with Crippen molar-refractivity contribution < 1.29 is 0 Å². The van der Waals surface area contributed by atoms with E-state index in [4.69, 9.17) is 17.3 Å². The van der Waals surface area contributed by atoms with E-state index in [1.807, 2.05) is 6.07 Å². The van der Waals surface area contributed by atoms with Crippen LogP contribution in [0.1, 0.15) is 26.3 Å². The van der Waals surface area contributed by atoms with Crippen LogP contribution in [0.4, 0.5) is 5.69 Å². The molecule has 0 aliphatic carbocycles. The molecule has 1 aromatic carbocycles. The van der Waals surface area contributed by atoms with Crippen molar-refractivity contribution in [2.45, 2.75) is 32.7 Å². The highest BCUT2D eigenvalue weighted by molar-refractivity contribution is 6.30. The van der Waals surface area contributed by atoms with Crippen molar-refractivity contribution in [3.05, 3.63) is 28.8 Å². The van der Waals surface area contributed by atoms with Gasteiger partial charge in [-0.3, -0.25) is 4.90 Å². The minimum atomic E-state index is 0.251. The number of hydrogen-bond acceptors (Lipinski definition) is 3. The fourth-order valence-electron chi connectivity index (χ4n) is 2.82. The lowest BCUT2D eigenvalue weighted by molar-refractivity contribution is 0.128. The molecule has 0 saturated carbocycles. The summed E-state index contributed by atoms with van der Waals surface area (Å²) in [5, 5.41) is 0.805. The van der Waals surface area contributed by atoms with Crippen LogP contribution in [-0.4, -0.2) is 43.2 Å². The van der Waals surface area contributed by atoms with E-state index in [1.54, 1.807) is 0 Å². The monoisotopic (exact) mass is 295 g/mol. The average Bonchev–Trinajstić information content (AvgIpc) is 2.40. The number of nitrogens with zero attached hydrogens (tertiary/aromatic N) is 2. The van der Waals surface area contributed by atoms with Crippen molar-refractivity contribution in [3.8, 4) is 0 Å². The number of benzene rings is 1. The molecule has 0 amide bonds. The SMILES string of the molecule is CC(C)(C)N1CCN(c2cc(Cl)ccc2CCN)CC1. The quantitative estimate of drug-likeness (QED) is 0.931. The Balaban J connectivity index is 2.12. The van der Waals surface area contributed by atoms with Crippen molar-refractivity contribution in [1.29, 1.82) is 0 Å². The maximum Gasteiger partial charge on any atom is 0.0426 e. The van der Waals surface area contributed by atoms with E-state index in [9.17, 15) is 0 Å². The Hall–Kier alpha value is -0.770. The van der Waals surface area contributed by atoms with Crippen molar-refractivity contribution in [1.82, 2.24) is 4.90 Å². The molecule has 0 atom stereocenters. The maximum absolute atomic E-state index is 6.17. The van der Waals surface area contributed by atoms with Gasteiger partial charge in [-0.1, -0.05) is 17.7 Å². The van der Waals surface area contributed by atoms with Crippen molar-refractivity contribution in [3.63, 3.8) is 0 Å². The second-order valence-corrected chi connectivity index (χ2v) is 6.89. The van der Waals surface area contributed by atoms with Gasteiger partial charge in [0, 0.05) is 42.4 Å². The van der Waals surface area contributed by atoms with E-state index < -0.39 is 0 Å². The van der Waals surface area contributed by atoms with Gasteiger partial charge in [0.2, 0.25) is 0 Å². The Morgan fingerprint density at radius 2 is 1.80 bits per heavy atom. The van der Waals surface area contributed by atoms with E-state index in [0.29, 0.717) is 6.54 Å². The normalized spacial score (nSPS) is 17.6. The van der Waals surface area contributed by atoms with Crippen LogP contribution in [0.25, 0.3) is 0 Å². The number of rotatable bonds is 3. The summed E-state index contributed by atoms with van der Waals surface area (Å²) < 4.78 is 0. The minimum Gasteiger partial charge on any atom is -0.369 e. The first-order valence-electron chi connectivity index (χ1n) is 7.40. The van der Waals surface area contributed by atoms with Gasteiger partial charge in [-0.05, 0) is 51.4 Å². The number of halogens is 1.